The van der Waals surface area contributed by atoms with Crippen LogP contribution in [0.25, 0.3) is 0 Å². The number of rotatable bonds is 1. The first-order valence-corrected chi connectivity index (χ1v) is 4.77. The molecule has 0 radical (unpaired) electrons. The van der Waals surface area contributed by atoms with Gasteiger partial charge in [0.15, 0.2) is 0 Å². The molecule has 0 heterocycles. The lowest BCUT2D eigenvalue weighted by Crippen LogP contribution is -2.12. The van der Waals surface area contributed by atoms with E-state index >= 15 is 0 Å². The van der Waals surface area contributed by atoms with Gasteiger partial charge in [0.1, 0.15) is 5.82 Å². The van der Waals surface area contributed by atoms with Gasteiger partial charge in [-0.1, -0.05) is 24.3 Å². The Balaban J connectivity index is 2.29. The topological polar surface area (TPSA) is 23.9 Å². The summed E-state index contributed by atoms with van der Waals surface area (Å²) in [7, 11) is 0. The van der Waals surface area contributed by atoms with Crippen molar-refractivity contribution in [3.63, 3.8) is 0 Å². The van der Waals surface area contributed by atoms with E-state index in [1.807, 2.05) is 6.08 Å². The summed E-state index contributed by atoms with van der Waals surface area (Å²) in [5, 5.41) is 7.79. The lowest BCUT2D eigenvalue weighted by atomic mass is 9.87. The number of benzene rings is 1. The van der Waals surface area contributed by atoms with E-state index in [-0.39, 0.29) is 11.7 Å². The number of hydrogen-bond acceptors (Lipinski definition) is 1. The fraction of sp³-hybridized carbons (Fsp3) is 0.250. The summed E-state index contributed by atoms with van der Waals surface area (Å²) in [6.45, 7) is 0. The standard InChI is InChI=1S/C12H12FN/c13-10-7-5-9(6-8-10)11-3-1-2-4-12(11)14/h1,3,5-8,11,14H,2,4H2. The van der Waals surface area contributed by atoms with Crippen LogP contribution in [0.2, 0.25) is 0 Å². The molecule has 0 aromatic heterocycles. The summed E-state index contributed by atoms with van der Waals surface area (Å²) in [5.74, 6) is -0.163. The summed E-state index contributed by atoms with van der Waals surface area (Å²) < 4.78 is 12.7. The quantitative estimate of drug-likeness (QED) is 0.655. The molecule has 0 saturated heterocycles. The van der Waals surface area contributed by atoms with Gasteiger partial charge in [-0.3, -0.25) is 0 Å². The van der Waals surface area contributed by atoms with Crippen molar-refractivity contribution in [2.75, 3.05) is 0 Å². The first kappa shape index (κ1) is 9.13. The summed E-state index contributed by atoms with van der Waals surface area (Å²) in [6, 6.07) is 6.41. The number of allylic oxidation sites excluding steroid dienone is 2. The van der Waals surface area contributed by atoms with Gasteiger partial charge >= 0.3 is 0 Å². The SMILES string of the molecule is N=C1CCC=CC1c1ccc(F)cc1. The number of halogens is 1. The Hall–Kier alpha value is -1.44. The first-order valence-electron chi connectivity index (χ1n) is 4.77. The van der Waals surface area contributed by atoms with Crippen LogP contribution in [0.4, 0.5) is 4.39 Å². The highest BCUT2D eigenvalue weighted by molar-refractivity contribution is 5.91. The average Bonchev–Trinajstić information content (AvgIpc) is 2.20. The lowest BCUT2D eigenvalue weighted by molar-refractivity contribution is 0.627. The van der Waals surface area contributed by atoms with Gasteiger partial charge in [0.05, 0.1) is 0 Å². The molecule has 14 heavy (non-hydrogen) atoms. The van der Waals surface area contributed by atoms with Gasteiger partial charge < -0.3 is 5.41 Å². The van der Waals surface area contributed by atoms with E-state index in [2.05, 4.69) is 6.08 Å². The zero-order valence-corrected chi connectivity index (χ0v) is 7.83. The van der Waals surface area contributed by atoms with E-state index in [1.54, 1.807) is 12.1 Å². The lowest BCUT2D eigenvalue weighted by Gasteiger charge is -2.18. The van der Waals surface area contributed by atoms with Crippen molar-refractivity contribution in [2.24, 2.45) is 0 Å². The molecule has 2 heteroatoms. The van der Waals surface area contributed by atoms with Gasteiger partial charge in [-0.2, -0.15) is 0 Å². The summed E-state index contributed by atoms with van der Waals surface area (Å²) in [4.78, 5) is 0. The van der Waals surface area contributed by atoms with Crippen LogP contribution < -0.4 is 0 Å². The van der Waals surface area contributed by atoms with Gasteiger partial charge in [0.25, 0.3) is 0 Å². The van der Waals surface area contributed by atoms with Crippen molar-refractivity contribution in [2.45, 2.75) is 18.8 Å². The van der Waals surface area contributed by atoms with Gasteiger partial charge in [0.2, 0.25) is 0 Å². The Morgan fingerprint density at radius 3 is 2.57 bits per heavy atom. The maximum atomic E-state index is 12.7. The molecule has 0 bridgehead atoms. The second kappa shape index (κ2) is 3.74. The van der Waals surface area contributed by atoms with Crippen LogP contribution in [-0.4, -0.2) is 5.71 Å². The second-order valence-corrected chi connectivity index (χ2v) is 3.52. The molecule has 0 saturated carbocycles. The van der Waals surface area contributed by atoms with Crippen LogP contribution in [0.5, 0.6) is 0 Å². The molecule has 1 unspecified atom stereocenters. The molecule has 2 rings (SSSR count). The van der Waals surface area contributed by atoms with Crippen molar-refractivity contribution >= 4 is 5.71 Å². The third-order valence-corrected chi connectivity index (χ3v) is 2.51. The van der Waals surface area contributed by atoms with Crippen LogP contribution in [0.3, 0.4) is 0 Å². The van der Waals surface area contributed by atoms with E-state index in [0.717, 1.165) is 24.1 Å². The van der Waals surface area contributed by atoms with Crippen LogP contribution in [0, 0.1) is 11.2 Å². The third kappa shape index (κ3) is 1.74. The third-order valence-electron chi connectivity index (χ3n) is 2.51. The van der Waals surface area contributed by atoms with E-state index in [4.69, 9.17) is 5.41 Å². The van der Waals surface area contributed by atoms with Crippen molar-refractivity contribution in [1.29, 1.82) is 5.41 Å². The molecule has 1 N–H and O–H groups in total. The Morgan fingerprint density at radius 1 is 1.21 bits per heavy atom. The van der Waals surface area contributed by atoms with Crippen LogP contribution in [-0.2, 0) is 0 Å². The molecule has 1 aromatic rings. The second-order valence-electron chi connectivity index (χ2n) is 3.52. The van der Waals surface area contributed by atoms with Crippen LogP contribution in [0.15, 0.2) is 36.4 Å². The monoisotopic (exact) mass is 189 g/mol. The summed E-state index contributed by atoms with van der Waals surface area (Å²) in [5.41, 5.74) is 1.73. The molecule has 72 valence electrons. The van der Waals surface area contributed by atoms with Crippen LogP contribution in [0.1, 0.15) is 24.3 Å². The molecule has 1 aliphatic carbocycles. The minimum absolute atomic E-state index is 0.0596. The van der Waals surface area contributed by atoms with Crippen LogP contribution >= 0.6 is 0 Å². The summed E-state index contributed by atoms with van der Waals surface area (Å²) >= 11 is 0. The highest BCUT2D eigenvalue weighted by Crippen LogP contribution is 2.24. The van der Waals surface area contributed by atoms with Crippen molar-refractivity contribution < 1.29 is 4.39 Å². The smallest absolute Gasteiger partial charge is 0.123 e. The number of nitrogens with one attached hydrogen (secondary N) is 1. The molecule has 0 spiro atoms. The van der Waals surface area contributed by atoms with Gasteiger partial charge in [-0.25, -0.2) is 4.39 Å². The molecular weight excluding hydrogens is 177 g/mol. The minimum Gasteiger partial charge on any atom is -0.309 e. The molecule has 1 atom stereocenters. The molecular formula is C12H12FN. The van der Waals surface area contributed by atoms with Gasteiger partial charge in [0, 0.05) is 11.6 Å². The van der Waals surface area contributed by atoms with E-state index in [0.29, 0.717) is 0 Å². The van der Waals surface area contributed by atoms with E-state index in [9.17, 15) is 4.39 Å². The zero-order chi connectivity index (χ0) is 9.97. The largest absolute Gasteiger partial charge is 0.309 e. The highest BCUT2D eigenvalue weighted by Gasteiger charge is 2.16. The summed E-state index contributed by atoms with van der Waals surface area (Å²) in [6.07, 6.45) is 5.89. The van der Waals surface area contributed by atoms with Gasteiger partial charge in [-0.15, -0.1) is 0 Å². The predicted octanol–water partition coefficient (Wildman–Crippen LogP) is 3.28. The predicted molar refractivity (Wildman–Crippen MR) is 55.2 cm³/mol. The first-order chi connectivity index (χ1) is 6.77. The van der Waals surface area contributed by atoms with Crippen molar-refractivity contribution in [1.82, 2.24) is 0 Å². The molecule has 1 nitrogen and oxygen atoms in total. The Morgan fingerprint density at radius 2 is 1.93 bits per heavy atom. The molecule has 0 amide bonds. The highest BCUT2D eigenvalue weighted by atomic mass is 19.1. The zero-order valence-electron chi connectivity index (χ0n) is 7.83. The Bertz CT molecular complexity index is 364. The van der Waals surface area contributed by atoms with Gasteiger partial charge in [-0.05, 0) is 30.5 Å². The van der Waals surface area contributed by atoms with E-state index in [1.165, 1.54) is 12.1 Å². The molecule has 1 aliphatic rings. The fourth-order valence-electron chi connectivity index (χ4n) is 1.73. The molecule has 0 aliphatic heterocycles. The Kier molecular flexibility index (Phi) is 2.44. The Labute approximate surface area is 82.8 Å². The number of hydrogen-bond donors (Lipinski definition) is 1. The maximum absolute atomic E-state index is 12.7. The normalized spacial score (nSPS) is 21.2. The maximum Gasteiger partial charge on any atom is 0.123 e. The average molecular weight is 189 g/mol. The molecule has 0 fully saturated rings. The minimum atomic E-state index is -0.222. The van der Waals surface area contributed by atoms with Crippen molar-refractivity contribution in [3.8, 4) is 0 Å². The van der Waals surface area contributed by atoms with Crippen molar-refractivity contribution in [3.05, 3.63) is 47.8 Å². The molecule has 1 aromatic carbocycles. The van der Waals surface area contributed by atoms with E-state index < -0.39 is 0 Å². The fourth-order valence-corrected chi connectivity index (χ4v) is 1.73.